The van der Waals surface area contributed by atoms with Gasteiger partial charge in [0.15, 0.2) is 5.94 Å². The average molecular weight is 1540 g/mol. The summed E-state index contributed by atoms with van der Waals surface area (Å²) in [5.74, 6) is 9.18. The minimum atomic E-state index is -3.72. The summed E-state index contributed by atoms with van der Waals surface area (Å²) >= 11 is 11.2. The zero-order chi connectivity index (χ0) is 59.3. The number of nitrogens with zero attached hydrogens (tertiary/aromatic N) is 2. The molecule has 0 radical (unpaired) electrons. The maximum absolute atomic E-state index is 11.5. The molecule has 446 valence electrons. The number of hydrogen-bond acceptors (Lipinski definition) is 14. The van der Waals surface area contributed by atoms with E-state index in [0.29, 0.717) is 26.3 Å². The Balaban J connectivity index is -0.000000219. The van der Waals surface area contributed by atoms with E-state index in [9.17, 15) is 14.4 Å². The van der Waals surface area contributed by atoms with Gasteiger partial charge in [0.25, 0.3) is 11.1 Å². The van der Waals surface area contributed by atoms with Gasteiger partial charge in [-0.3, -0.25) is 36.7 Å². The van der Waals surface area contributed by atoms with Crippen molar-refractivity contribution in [3.63, 3.8) is 0 Å². The van der Waals surface area contributed by atoms with E-state index in [1.807, 2.05) is 9.34 Å². The SMILES string of the molecule is C=S(COS1(=C)(C(=N)CCCCCCCC)CO1)C(=N)CCCCCCCC.CCCCCCCCn1sc(Cl)c(Cl)c1=O.CCCCCCCCn1sccc1=O.Cl.ClCl.O=S(=O)(Cl)Cl.O=S=O.[2H]C(=O)[I-][3H].[3H][I-]O. The molecule has 3 rings (SSSR count). The van der Waals surface area contributed by atoms with E-state index in [4.69, 9.17) is 65.2 Å². The molecule has 74 heavy (non-hydrogen) atoms. The molecule has 14 nitrogen and oxygen atoms in total. The number of halogens is 9. The number of rotatable bonds is 32. The van der Waals surface area contributed by atoms with E-state index in [1.54, 1.807) is 10.0 Å². The zero-order valence-corrected chi connectivity index (χ0v) is 57.7. The van der Waals surface area contributed by atoms with Crippen molar-refractivity contribution in [2.45, 2.75) is 208 Å². The number of hydrogen-bond donors (Lipinski definition) is 3. The normalized spacial score (nSPS) is 13.7. The molecule has 1 fully saturated rings. The molecule has 1 saturated heterocycles. The van der Waals surface area contributed by atoms with Gasteiger partial charge in [0.05, 0.1) is 5.04 Å². The van der Waals surface area contributed by atoms with E-state index < -0.39 is 89.1 Å². The van der Waals surface area contributed by atoms with Crippen LogP contribution in [0.1, 0.15) is 196 Å². The third-order valence-corrected chi connectivity index (χ3v) is 17.4. The molecule has 3 heterocycles. The molecule has 1 atom stereocenters. The number of carbonyl (C=O) groups excluding carboxylic acids is 1. The first kappa shape index (κ1) is 79.7. The van der Waals surface area contributed by atoms with Crippen LogP contribution in [0.15, 0.2) is 21.0 Å². The molecular weight excluding hydrogens is 1450 g/mol. The van der Waals surface area contributed by atoms with Crippen molar-refractivity contribution in [1.29, 1.82) is 12.0 Å². The van der Waals surface area contributed by atoms with Crippen molar-refractivity contribution in [2.75, 3.05) is 11.9 Å². The van der Waals surface area contributed by atoms with Crippen molar-refractivity contribution in [2.24, 2.45) is 0 Å². The molecule has 3 N–H and O–H groups in total. The van der Waals surface area contributed by atoms with Crippen LogP contribution in [0.5, 0.6) is 0 Å². The predicted molar refractivity (Wildman–Crippen MR) is 327 cm³/mol. The van der Waals surface area contributed by atoms with E-state index in [2.05, 4.69) is 82.5 Å². The third-order valence-electron chi connectivity index (χ3n) is 10.2. The fourth-order valence-corrected chi connectivity index (χ4v) is 11.9. The second-order valence-corrected chi connectivity index (χ2v) is 28.5. The van der Waals surface area contributed by atoms with Gasteiger partial charge >= 0.3 is 80.1 Å². The van der Waals surface area contributed by atoms with Gasteiger partial charge in [0.1, 0.15) is 20.3 Å². The Hall–Kier alpha value is 1.45. The molecule has 2 aromatic rings. The molecule has 0 amide bonds. The Labute approximate surface area is 522 Å². The summed E-state index contributed by atoms with van der Waals surface area (Å²) in [6.07, 6.45) is 31.2. The predicted octanol–water partition coefficient (Wildman–Crippen LogP) is 10.0. The number of carbonyl (C=O) groups is 1. The van der Waals surface area contributed by atoms with Crippen LogP contribution in [0.2, 0.25) is 9.36 Å². The van der Waals surface area contributed by atoms with Crippen LogP contribution in [0.3, 0.4) is 0 Å². The molecule has 0 aliphatic carbocycles. The Morgan fingerprint density at radius 3 is 1.54 bits per heavy atom. The van der Waals surface area contributed by atoms with Gasteiger partial charge in [0.2, 0.25) is 0 Å². The van der Waals surface area contributed by atoms with Crippen LogP contribution in [-0.2, 0) is 46.1 Å². The Morgan fingerprint density at radius 2 is 1.22 bits per heavy atom. The van der Waals surface area contributed by atoms with Crippen molar-refractivity contribution < 1.29 is 80.0 Å². The van der Waals surface area contributed by atoms with E-state index >= 15 is 0 Å². The zero-order valence-electron chi connectivity index (χ0n) is 46.2. The summed E-state index contributed by atoms with van der Waals surface area (Å²) in [5, 5.41) is 20.0. The topological polar surface area (TPSA) is 219 Å². The van der Waals surface area contributed by atoms with Crippen LogP contribution >= 0.6 is 122 Å². The number of unbranched alkanes of at least 4 members (excludes halogenated alkanes) is 20. The minimum absolute atomic E-state index is 0. The Morgan fingerprint density at radius 1 is 0.865 bits per heavy atom. The molecule has 29 heteroatoms. The molecular formula is C45H85Cl7I2N4O10S6-2. The molecule has 0 spiro atoms. The molecule has 1 aliphatic heterocycles. The van der Waals surface area contributed by atoms with Gasteiger partial charge in [-0.1, -0.05) is 197 Å². The first-order valence-electron chi connectivity index (χ1n) is 25.2. The standard InChI is InChI=1S/C22H44N2O2S2.C11H17Cl2NOS.C11H19NOS.CH2IO.Cl2O2S.Cl2.ClH.H2IO.O2S/c1-5-7-9-11-13-15-17-21(23)27(3)19-25-28(4,20-26-28)22(24)18-16-14-12-10-8-6-2;1-2-3-4-5-6-7-8-14-11(15)9(12)10(13)16-14;1-2-3-4-5-6-7-9-12-11(13)8-10-14-12;2-1-3;1-5(2,3)4;1-2;;1-2;1-3-2/h23-24H,3-20H2,1-2H3;2-8H2,1H3;8,10H,2-7,9H2,1H3;1-2H;;;1H;1-2H;/q;;;-1;;;;-1;/i;;;1D,2T;;;;1T;. The summed E-state index contributed by atoms with van der Waals surface area (Å²) in [6.45, 7) is 10.5. The monoisotopic (exact) mass is 1540 g/mol. The van der Waals surface area contributed by atoms with Gasteiger partial charge in [0, 0.05) is 74.0 Å². The second kappa shape index (κ2) is 59.1. The average Bonchev–Trinajstić information content (AvgIpc) is 3.84. The van der Waals surface area contributed by atoms with E-state index in [0.717, 1.165) is 58.0 Å². The molecule has 2 aromatic heterocycles. The molecule has 1 aliphatic rings. The van der Waals surface area contributed by atoms with Crippen LogP contribution < -0.4 is 56.3 Å². The van der Waals surface area contributed by atoms with Crippen molar-refractivity contribution >= 4 is 167 Å². The van der Waals surface area contributed by atoms with Gasteiger partial charge in [-0.25, -0.2) is 0 Å². The molecule has 0 bridgehead atoms. The van der Waals surface area contributed by atoms with Crippen LogP contribution in [0.25, 0.3) is 0 Å². The van der Waals surface area contributed by atoms with Crippen LogP contribution in [0, 0.1) is 10.8 Å². The molecule has 0 aromatic carbocycles. The molecule has 1 unspecified atom stereocenters. The summed E-state index contributed by atoms with van der Waals surface area (Å²) in [7, 11) is 9.78. The van der Waals surface area contributed by atoms with Crippen LogP contribution in [-0.4, -0.2) is 67.3 Å². The first-order valence-corrected chi connectivity index (χ1v) is 37.1. The van der Waals surface area contributed by atoms with Gasteiger partial charge < -0.3 is 0 Å². The van der Waals surface area contributed by atoms with Crippen molar-refractivity contribution in [3.8, 4) is 0 Å². The quantitative estimate of drug-likeness (QED) is 0.00920. The van der Waals surface area contributed by atoms with Crippen molar-refractivity contribution in [3.05, 3.63) is 41.5 Å². The summed E-state index contributed by atoms with van der Waals surface area (Å²) < 4.78 is 75.3. The van der Waals surface area contributed by atoms with E-state index in [1.165, 1.54) is 145 Å². The van der Waals surface area contributed by atoms with Gasteiger partial charge in [-0.2, -0.15) is 26.1 Å². The number of aromatic nitrogens is 2. The number of nitrogens with one attached hydrogen (secondary N) is 2. The second-order valence-electron chi connectivity index (χ2n) is 16.0. The van der Waals surface area contributed by atoms with Gasteiger partial charge in [-0.05, 0) is 49.5 Å². The Kier molecular flexibility index (Phi) is 63.6. The molecule has 0 saturated carbocycles. The van der Waals surface area contributed by atoms with Crippen LogP contribution in [0.4, 0.5) is 0 Å². The van der Waals surface area contributed by atoms with Gasteiger partial charge in [-0.15, -0.1) is 22.9 Å². The first-order chi connectivity index (χ1) is 36.0. The Bertz CT molecular complexity index is 2130. The summed E-state index contributed by atoms with van der Waals surface area (Å²) in [4.78, 5) is 32.0. The third kappa shape index (κ3) is 52.8. The summed E-state index contributed by atoms with van der Waals surface area (Å²) in [5.41, 5.74) is 0.00813. The fourth-order valence-electron chi connectivity index (χ4n) is 6.15. The maximum atomic E-state index is 11.5. The van der Waals surface area contributed by atoms with E-state index in [-0.39, 0.29) is 28.5 Å². The number of aryl methyl sites for hydroxylation is 2. The fraction of sp³-hybridized carbons (Fsp3) is 0.756. The van der Waals surface area contributed by atoms with Crippen molar-refractivity contribution in [1.82, 2.24) is 7.91 Å². The summed E-state index contributed by atoms with van der Waals surface area (Å²) in [6, 6.07) is 1.64.